The molecule has 1 saturated heterocycles. The molecule has 1 heterocycles. The van der Waals surface area contributed by atoms with E-state index in [1.54, 1.807) is 0 Å². The fourth-order valence-corrected chi connectivity index (χ4v) is 1.08. The van der Waals surface area contributed by atoms with Crippen molar-refractivity contribution in [3.63, 3.8) is 0 Å². The molecule has 0 aromatic heterocycles. The molecule has 0 spiro atoms. The highest BCUT2D eigenvalue weighted by atomic mass is 16.3. The molecule has 2 N–H and O–H groups in total. The molecule has 3 heteroatoms. The Kier molecular flexibility index (Phi) is 1.83. The molecule has 3 atom stereocenters. The standard InChI is InChI=1S/C6H11NO2/c1-4-2-5(3-8)7-6(4)9/h3-7,9H,2H2,1H3/t4-,5-,6?/m0/s1. The van der Waals surface area contributed by atoms with Crippen LogP contribution < -0.4 is 5.32 Å². The molecule has 3 nitrogen and oxygen atoms in total. The molecule has 1 aliphatic rings. The lowest BCUT2D eigenvalue weighted by molar-refractivity contribution is -0.109. The fraction of sp³-hybridized carbons (Fsp3) is 0.833. The van der Waals surface area contributed by atoms with Crippen LogP contribution in [-0.4, -0.2) is 23.7 Å². The maximum atomic E-state index is 10.1. The quantitative estimate of drug-likeness (QED) is 0.469. The van der Waals surface area contributed by atoms with E-state index >= 15 is 0 Å². The molecule has 52 valence electrons. The minimum Gasteiger partial charge on any atom is -0.378 e. The van der Waals surface area contributed by atoms with Crippen LogP contribution in [0.25, 0.3) is 0 Å². The SMILES string of the molecule is C[C@H]1C[C@@H](C=O)NC1O. The lowest BCUT2D eigenvalue weighted by Gasteiger charge is -2.05. The zero-order chi connectivity index (χ0) is 6.85. The molecule has 0 aromatic rings. The Hall–Kier alpha value is -0.410. The van der Waals surface area contributed by atoms with Crippen LogP contribution in [0.5, 0.6) is 0 Å². The van der Waals surface area contributed by atoms with E-state index in [-0.39, 0.29) is 12.0 Å². The van der Waals surface area contributed by atoms with E-state index in [0.29, 0.717) is 0 Å². The molecule has 0 radical (unpaired) electrons. The molecule has 0 amide bonds. The summed E-state index contributed by atoms with van der Waals surface area (Å²) in [5, 5.41) is 11.8. The lowest BCUT2D eigenvalue weighted by atomic mass is 10.1. The molecule has 9 heavy (non-hydrogen) atoms. The first-order valence-corrected chi connectivity index (χ1v) is 3.13. The zero-order valence-corrected chi connectivity index (χ0v) is 5.37. The van der Waals surface area contributed by atoms with Crippen molar-refractivity contribution in [3.8, 4) is 0 Å². The Balaban J connectivity index is 2.43. The van der Waals surface area contributed by atoms with Gasteiger partial charge in [-0.15, -0.1) is 0 Å². The molecule has 0 bridgehead atoms. The monoisotopic (exact) mass is 129 g/mol. The third-order valence-electron chi connectivity index (χ3n) is 1.71. The van der Waals surface area contributed by atoms with Gasteiger partial charge in [0.05, 0.1) is 6.04 Å². The van der Waals surface area contributed by atoms with Gasteiger partial charge in [0.2, 0.25) is 0 Å². The number of nitrogens with one attached hydrogen (secondary N) is 1. The molecule has 0 aliphatic carbocycles. The van der Waals surface area contributed by atoms with E-state index in [9.17, 15) is 4.79 Å². The van der Waals surface area contributed by atoms with Gasteiger partial charge in [0.1, 0.15) is 12.5 Å². The van der Waals surface area contributed by atoms with Gasteiger partial charge >= 0.3 is 0 Å². The average Bonchev–Trinajstić information content (AvgIpc) is 2.13. The highest BCUT2D eigenvalue weighted by molar-refractivity contribution is 5.58. The van der Waals surface area contributed by atoms with Crippen molar-refractivity contribution in [2.24, 2.45) is 5.92 Å². The van der Waals surface area contributed by atoms with Crippen molar-refractivity contribution in [1.82, 2.24) is 5.32 Å². The predicted octanol–water partition coefficient (Wildman–Crippen LogP) is -0.498. The van der Waals surface area contributed by atoms with Crippen molar-refractivity contribution in [1.29, 1.82) is 0 Å². The van der Waals surface area contributed by atoms with Gasteiger partial charge in [0.15, 0.2) is 0 Å². The summed E-state index contributed by atoms with van der Waals surface area (Å²) in [5.74, 6) is 0.209. The van der Waals surface area contributed by atoms with Gasteiger partial charge in [-0.3, -0.25) is 5.32 Å². The van der Waals surface area contributed by atoms with Crippen molar-refractivity contribution >= 4 is 6.29 Å². The third kappa shape index (κ3) is 1.28. The summed E-state index contributed by atoms with van der Waals surface area (Å²) < 4.78 is 0. The Morgan fingerprint density at radius 2 is 2.44 bits per heavy atom. The molecular weight excluding hydrogens is 118 g/mol. The molecule has 0 saturated carbocycles. The maximum Gasteiger partial charge on any atom is 0.136 e. The van der Waals surface area contributed by atoms with Gasteiger partial charge in [0.25, 0.3) is 0 Å². The Bertz CT molecular complexity index is 106. The largest absolute Gasteiger partial charge is 0.378 e. The molecule has 0 aromatic carbocycles. The minimum atomic E-state index is -0.486. The maximum absolute atomic E-state index is 10.1. The van der Waals surface area contributed by atoms with Gasteiger partial charge in [-0.2, -0.15) is 0 Å². The Morgan fingerprint density at radius 1 is 1.78 bits per heavy atom. The van der Waals surface area contributed by atoms with Crippen LogP contribution in [0, 0.1) is 5.92 Å². The van der Waals surface area contributed by atoms with Gasteiger partial charge < -0.3 is 9.90 Å². The Morgan fingerprint density at radius 3 is 2.67 bits per heavy atom. The average molecular weight is 129 g/mol. The van der Waals surface area contributed by atoms with Crippen molar-refractivity contribution in [2.45, 2.75) is 25.6 Å². The second-order valence-electron chi connectivity index (χ2n) is 2.57. The second-order valence-corrected chi connectivity index (χ2v) is 2.57. The van der Waals surface area contributed by atoms with Crippen LogP contribution >= 0.6 is 0 Å². The normalized spacial score (nSPS) is 43.1. The summed E-state index contributed by atoms with van der Waals surface area (Å²) in [5.41, 5.74) is 0. The number of hydrogen-bond acceptors (Lipinski definition) is 3. The summed E-state index contributed by atoms with van der Waals surface area (Å²) in [4.78, 5) is 10.1. The first-order chi connectivity index (χ1) is 4.24. The Labute approximate surface area is 54.1 Å². The topological polar surface area (TPSA) is 49.3 Å². The molecule has 1 rings (SSSR count). The van der Waals surface area contributed by atoms with Crippen molar-refractivity contribution < 1.29 is 9.90 Å². The fourth-order valence-electron chi connectivity index (χ4n) is 1.08. The van der Waals surface area contributed by atoms with Crippen molar-refractivity contribution in [3.05, 3.63) is 0 Å². The number of carbonyl (C=O) groups is 1. The minimum absolute atomic E-state index is 0.130. The van der Waals surface area contributed by atoms with Gasteiger partial charge in [0, 0.05) is 0 Å². The van der Waals surface area contributed by atoms with E-state index in [2.05, 4.69) is 5.32 Å². The van der Waals surface area contributed by atoms with Crippen LogP contribution in [0.15, 0.2) is 0 Å². The van der Waals surface area contributed by atoms with E-state index in [0.717, 1.165) is 12.7 Å². The van der Waals surface area contributed by atoms with Gasteiger partial charge in [-0.25, -0.2) is 0 Å². The van der Waals surface area contributed by atoms with E-state index in [1.165, 1.54) is 0 Å². The first-order valence-electron chi connectivity index (χ1n) is 3.13. The summed E-state index contributed by atoms with van der Waals surface area (Å²) in [6, 6.07) is -0.130. The summed E-state index contributed by atoms with van der Waals surface area (Å²) >= 11 is 0. The second kappa shape index (κ2) is 2.45. The van der Waals surface area contributed by atoms with Crippen LogP contribution in [-0.2, 0) is 4.79 Å². The number of rotatable bonds is 1. The molecule has 1 aliphatic heterocycles. The van der Waals surface area contributed by atoms with Gasteiger partial charge in [-0.05, 0) is 12.3 Å². The first kappa shape index (κ1) is 6.71. The summed E-state index contributed by atoms with van der Waals surface area (Å²) in [7, 11) is 0. The smallest absolute Gasteiger partial charge is 0.136 e. The highest BCUT2D eigenvalue weighted by Gasteiger charge is 2.27. The number of aliphatic hydroxyl groups is 1. The van der Waals surface area contributed by atoms with Crippen LogP contribution in [0.3, 0.4) is 0 Å². The van der Waals surface area contributed by atoms with Crippen LogP contribution in [0.4, 0.5) is 0 Å². The lowest BCUT2D eigenvalue weighted by Crippen LogP contribution is -2.31. The van der Waals surface area contributed by atoms with Gasteiger partial charge in [-0.1, -0.05) is 6.92 Å². The van der Waals surface area contributed by atoms with Crippen molar-refractivity contribution in [2.75, 3.05) is 0 Å². The number of carbonyl (C=O) groups excluding carboxylic acids is 1. The number of aldehydes is 1. The highest BCUT2D eigenvalue weighted by Crippen LogP contribution is 2.15. The van der Waals surface area contributed by atoms with Crippen LogP contribution in [0.1, 0.15) is 13.3 Å². The third-order valence-corrected chi connectivity index (χ3v) is 1.71. The van der Waals surface area contributed by atoms with E-state index < -0.39 is 6.23 Å². The van der Waals surface area contributed by atoms with E-state index in [1.807, 2.05) is 6.92 Å². The summed E-state index contributed by atoms with van der Waals surface area (Å²) in [6.45, 7) is 1.92. The zero-order valence-electron chi connectivity index (χ0n) is 5.37. The van der Waals surface area contributed by atoms with Crippen LogP contribution in [0.2, 0.25) is 0 Å². The molecular formula is C6H11NO2. The predicted molar refractivity (Wildman–Crippen MR) is 32.8 cm³/mol. The van der Waals surface area contributed by atoms with E-state index in [4.69, 9.17) is 5.11 Å². The number of hydrogen-bond donors (Lipinski definition) is 2. The number of aliphatic hydroxyl groups excluding tert-OH is 1. The summed E-state index contributed by atoms with van der Waals surface area (Å²) in [6.07, 6.45) is 1.11. The molecule has 1 unspecified atom stereocenters. The molecule has 1 fully saturated rings.